The van der Waals surface area contributed by atoms with Crippen molar-refractivity contribution in [2.75, 3.05) is 24.8 Å². The molecule has 0 saturated carbocycles. The number of hydrogen-bond acceptors (Lipinski definition) is 9. The number of methoxy groups -OCH3 is 1. The molecule has 4 aromatic rings. The van der Waals surface area contributed by atoms with Gasteiger partial charge in [-0.15, -0.1) is 0 Å². The minimum absolute atomic E-state index is 0.0312. The average molecular weight is 491 g/mol. The number of rotatable bonds is 10. The first-order valence-corrected chi connectivity index (χ1v) is 11.3. The van der Waals surface area contributed by atoms with Gasteiger partial charge in [0, 0.05) is 38.5 Å². The number of hydrogen-bond donors (Lipinski definition) is 3. The molecule has 10 nitrogen and oxygen atoms in total. The van der Waals surface area contributed by atoms with Crippen molar-refractivity contribution >= 4 is 28.8 Å². The van der Waals surface area contributed by atoms with Gasteiger partial charge in [0.05, 0.1) is 29.6 Å². The van der Waals surface area contributed by atoms with Gasteiger partial charge in [-0.05, 0) is 30.8 Å². The van der Waals surface area contributed by atoms with Gasteiger partial charge in [0.2, 0.25) is 0 Å². The summed E-state index contributed by atoms with van der Waals surface area (Å²) in [6.07, 6.45) is 4.94. The summed E-state index contributed by atoms with van der Waals surface area (Å²) in [7, 11) is 5.11. The Labute approximate surface area is 208 Å². The molecular formula is C25H27FN8O2. The number of aromatic nitrogens is 5. The fourth-order valence-electron chi connectivity index (χ4n) is 3.67. The largest absolute Gasteiger partial charge is 0.494 e. The van der Waals surface area contributed by atoms with E-state index in [1.807, 2.05) is 18.2 Å². The Bertz CT molecular complexity index is 1390. The third-order valence-corrected chi connectivity index (χ3v) is 5.38. The molecule has 0 saturated heterocycles. The molecule has 3 heterocycles. The van der Waals surface area contributed by atoms with Crippen LogP contribution >= 0.6 is 0 Å². The summed E-state index contributed by atoms with van der Waals surface area (Å²) < 4.78 is 21.9. The summed E-state index contributed by atoms with van der Waals surface area (Å²) in [5, 5.41) is 13.5. The van der Waals surface area contributed by atoms with Gasteiger partial charge in [0.25, 0.3) is 0 Å². The fourth-order valence-corrected chi connectivity index (χ4v) is 3.67. The van der Waals surface area contributed by atoms with E-state index in [1.54, 1.807) is 51.4 Å². The second kappa shape index (κ2) is 10.9. The predicted molar refractivity (Wildman–Crippen MR) is 135 cm³/mol. The highest BCUT2D eigenvalue weighted by atomic mass is 19.1. The van der Waals surface area contributed by atoms with E-state index < -0.39 is 5.82 Å². The number of nitrogens with zero attached hydrogens (tertiary/aromatic N) is 5. The Kier molecular flexibility index (Phi) is 7.50. The van der Waals surface area contributed by atoms with Gasteiger partial charge >= 0.3 is 0 Å². The van der Waals surface area contributed by atoms with Crippen LogP contribution in [0, 0.1) is 5.82 Å². The highest BCUT2D eigenvalue weighted by Crippen LogP contribution is 2.37. The van der Waals surface area contributed by atoms with E-state index >= 15 is 0 Å². The van der Waals surface area contributed by atoms with Crippen LogP contribution in [0.2, 0.25) is 0 Å². The Morgan fingerprint density at radius 2 is 1.94 bits per heavy atom. The van der Waals surface area contributed by atoms with Crippen LogP contribution in [0.15, 0.2) is 49.1 Å². The van der Waals surface area contributed by atoms with Crippen molar-refractivity contribution in [3.05, 3.63) is 66.0 Å². The van der Waals surface area contributed by atoms with Crippen molar-refractivity contribution in [1.29, 1.82) is 0 Å². The summed E-state index contributed by atoms with van der Waals surface area (Å²) in [5.41, 5.74) is 2.88. The SMILES string of the molecule is CCC(=O)c1cnc(Nc2ncc(CNC)cc2F)cc1Nc1cccc(-c2ncn(C)n2)c1OC. The lowest BCUT2D eigenvalue weighted by Crippen LogP contribution is -2.08. The highest BCUT2D eigenvalue weighted by Gasteiger charge is 2.18. The molecule has 0 aliphatic rings. The number of carbonyl (C=O) groups is 1. The molecule has 186 valence electrons. The van der Waals surface area contributed by atoms with E-state index in [4.69, 9.17) is 4.74 Å². The smallest absolute Gasteiger partial charge is 0.184 e. The maximum Gasteiger partial charge on any atom is 0.184 e. The Hall–Kier alpha value is -4.38. The van der Waals surface area contributed by atoms with Crippen LogP contribution in [0.4, 0.5) is 27.4 Å². The second-order valence-electron chi connectivity index (χ2n) is 7.97. The Morgan fingerprint density at radius 1 is 1.11 bits per heavy atom. The fraction of sp³-hybridized carbons (Fsp3) is 0.240. The van der Waals surface area contributed by atoms with Gasteiger partial charge in [0.1, 0.15) is 12.1 Å². The van der Waals surface area contributed by atoms with Crippen molar-refractivity contribution < 1.29 is 13.9 Å². The number of para-hydroxylation sites is 1. The predicted octanol–water partition coefficient (Wildman–Crippen LogP) is 4.22. The van der Waals surface area contributed by atoms with E-state index in [-0.39, 0.29) is 11.6 Å². The third-order valence-electron chi connectivity index (χ3n) is 5.38. The van der Waals surface area contributed by atoms with Crippen LogP contribution in [0.5, 0.6) is 5.75 Å². The zero-order chi connectivity index (χ0) is 25.7. The summed E-state index contributed by atoms with van der Waals surface area (Å²) in [5.74, 6) is 0.757. The quantitative estimate of drug-likeness (QED) is 0.281. The number of aryl methyl sites for hydroxylation is 1. The normalized spacial score (nSPS) is 10.8. The number of anilines is 4. The van der Waals surface area contributed by atoms with Crippen LogP contribution in [0.25, 0.3) is 11.4 Å². The molecule has 0 aliphatic heterocycles. The van der Waals surface area contributed by atoms with Crippen LogP contribution < -0.4 is 20.7 Å². The van der Waals surface area contributed by atoms with Gasteiger partial charge in [-0.3, -0.25) is 9.48 Å². The van der Waals surface area contributed by atoms with Gasteiger partial charge in [0.15, 0.2) is 29.0 Å². The summed E-state index contributed by atoms with van der Waals surface area (Å²) in [6, 6.07) is 8.55. The Morgan fingerprint density at radius 3 is 2.61 bits per heavy atom. The van der Waals surface area contributed by atoms with Crippen LogP contribution in [0.1, 0.15) is 29.3 Å². The van der Waals surface area contributed by atoms with Crippen LogP contribution in [-0.4, -0.2) is 44.7 Å². The minimum Gasteiger partial charge on any atom is -0.494 e. The molecule has 3 aromatic heterocycles. The molecule has 0 radical (unpaired) electrons. The standard InChI is InChI=1S/C25H27FN8O2/c1-5-21(35)17-13-28-22(32-25-18(26)9-15(11-27-2)12-29-25)10-20(17)31-19-8-6-7-16(23(19)36-4)24-30-14-34(3)33-24/h6-10,12-14,27H,5,11H2,1-4H3,(H2,28,29,31,32). The second-order valence-corrected chi connectivity index (χ2v) is 7.97. The lowest BCUT2D eigenvalue weighted by Gasteiger charge is -2.17. The molecule has 0 fully saturated rings. The van der Waals surface area contributed by atoms with Crippen LogP contribution in [0.3, 0.4) is 0 Å². The molecule has 3 N–H and O–H groups in total. The van der Waals surface area contributed by atoms with Crippen molar-refractivity contribution in [1.82, 2.24) is 30.0 Å². The molecule has 1 aromatic carbocycles. The van der Waals surface area contributed by atoms with E-state index in [2.05, 4.69) is 36.0 Å². The van der Waals surface area contributed by atoms with E-state index in [9.17, 15) is 9.18 Å². The summed E-state index contributed by atoms with van der Waals surface area (Å²) in [6.45, 7) is 2.28. The number of ether oxygens (including phenoxy) is 1. The van der Waals surface area contributed by atoms with Gasteiger partial charge in [-0.1, -0.05) is 13.0 Å². The number of nitrogens with one attached hydrogen (secondary N) is 3. The molecule has 11 heteroatoms. The molecule has 0 aliphatic carbocycles. The minimum atomic E-state index is -0.509. The number of halogens is 1. The molecule has 0 unspecified atom stereocenters. The first-order chi connectivity index (χ1) is 17.4. The average Bonchev–Trinajstić information content (AvgIpc) is 3.31. The van der Waals surface area contributed by atoms with Gasteiger partial charge < -0.3 is 20.7 Å². The van der Waals surface area contributed by atoms with E-state index in [0.717, 1.165) is 0 Å². The zero-order valence-corrected chi connectivity index (χ0v) is 20.5. The maximum atomic E-state index is 14.6. The lowest BCUT2D eigenvalue weighted by atomic mass is 10.1. The molecule has 0 bridgehead atoms. The number of carbonyl (C=O) groups excluding carboxylic acids is 1. The molecule has 36 heavy (non-hydrogen) atoms. The van der Waals surface area contributed by atoms with Crippen molar-refractivity contribution in [2.24, 2.45) is 7.05 Å². The molecule has 0 atom stereocenters. The molecular weight excluding hydrogens is 463 g/mol. The highest BCUT2D eigenvalue weighted by molar-refractivity contribution is 6.02. The molecule has 4 rings (SSSR count). The van der Waals surface area contributed by atoms with Crippen LogP contribution in [-0.2, 0) is 13.6 Å². The number of ketones is 1. The van der Waals surface area contributed by atoms with Crippen molar-refractivity contribution in [2.45, 2.75) is 19.9 Å². The maximum absolute atomic E-state index is 14.6. The summed E-state index contributed by atoms with van der Waals surface area (Å²) >= 11 is 0. The lowest BCUT2D eigenvalue weighted by molar-refractivity contribution is 0.0988. The number of Topliss-reactive ketones (excluding diaryl/α,β-unsaturated/α-hetero) is 1. The first kappa shape index (κ1) is 24.7. The topological polar surface area (TPSA) is 119 Å². The number of pyridine rings is 2. The summed E-state index contributed by atoms with van der Waals surface area (Å²) in [4.78, 5) is 25.4. The first-order valence-electron chi connectivity index (χ1n) is 11.3. The van der Waals surface area contributed by atoms with E-state index in [0.29, 0.717) is 58.4 Å². The van der Waals surface area contributed by atoms with Gasteiger partial charge in [-0.25, -0.2) is 19.3 Å². The number of benzene rings is 1. The molecule has 0 spiro atoms. The monoisotopic (exact) mass is 490 g/mol. The zero-order valence-electron chi connectivity index (χ0n) is 20.5. The van der Waals surface area contributed by atoms with Gasteiger partial charge in [-0.2, -0.15) is 5.10 Å². The van der Waals surface area contributed by atoms with E-state index in [1.165, 1.54) is 12.3 Å². The Balaban J connectivity index is 1.70. The van der Waals surface area contributed by atoms with Crippen molar-refractivity contribution in [3.63, 3.8) is 0 Å². The van der Waals surface area contributed by atoms with Crippen molar-refractivity contribution in [3.8, 4) is 17.1 Å². The third kappa shape index (κ3) is 5.31. The molecule has 0 amide bonds.